The quantitative estimate of drug-likeness (QED) is 0.729. The van der Waals surface area contributed by atoms with E-state index in [1.165, 1.54) is 25.0 Å². The molecule has 0 unspecified atom stereocenters. The molecular weight excluding hydrogens is 241 g/mol. The molecule has 0 aromatic heterocycles. The van der Waals surface area contributed by atoms with Gasteiger partial charge in [0.2, 0.25) is 0 Å². The van der Waals surface area contributed by atoms with Crippen molar-refractivity contribution in [1.82, 2.24) is 4.90 Å². The van der Waals surface area contributed by atoms with Crippen molar-refractivity contribution in [2.24, 2.45) is 0 Å². The van der Waals surface area contributed by atoms with Gasteiger partial charge in [-0.05, 0) is 49.9 Å². The molecule has 1 aliphatic carbocycles. The van der Waals surface area contributed by atoms with Crippen LogP contribution in [0.3, 0.4) is 0 Å². The minimum Gasteiger partial charge on any atom is -0.396 e. The third-order valence-electron chi connectivity index (χ3n) is 3.44. The van der Waals surface area contributed by atoms with E-state index >= 15 is 0 Å². The molecule has 0 radical (unpaired) electrons. The van der Waals surface area contributed by atoms with Crippen LogP contribution in [0.5, 0.6) is 0 Å². The number of aliphatic hydroxyl groups excluding tert-OH is 1. The molecule has 2 rings (SSSR count). The van der Waals surface area contributed by atoms with Crippen molar-refractivity contribution < 1.29 is 9.50 Å². The van der Waals surface area contributed by atoms with Crippen LogP contribution in [0.4, 0.5) is 4.39 Å². The number of rotatable bonds is 8. The lowest BCUT2D eigenvalue weighted by Crippen LogP contribution is -2.27. The highest BCUT2D eigenvalue weighted by atomic mass is 19.1. The molecule has 104 valence electrons. The minimum absolute atomic E-state index is 0.194. The first kappa shape index (κ1) is 14.2. The Bertz CT molecular complexity index is 398. The van der Waals surface area contributed by atoms with Gasteiger partial charge in [0, 0.05) is 19.2 Å². The van der Waals surface area contributed by atoms with Gasteiger partial charge in [0.15, 0.2) is 0 Å². The maximum absolute atomic E-state index is 12.8. The fraction of sp³-hybridized carbons (Fsp3) is 0.500. The second-order valence-corrected chi connectivity index (χ2v) is 5.11. The molecule has 1 N–H and O–H groups in total. The molecule has 3 heteroatoms. The first-order valence-corrected chi connectivity index (χ1v) is 7.06. The summed E-state index contributed by atoms with van der Waals surface area (Å²) in [5.74, 6) is -0.194. The van der Waals surface area contributed by atoms with E-state index < -0.39 is 0 Å². The Balaban J connectivity index is 1.79. The fourth-order valence-electron chi connectivity index (χ4n) is 2.19. The van der Waals surface area contributed by atoms with E-state index in [0.29, 0.717) is 0 Å². The van der Waals surface area contributed by atoms with Crippen molar-refractivity contribution in [3.63, 3.8) is 0 Å². The van der Waals surface area contributed by atoms with Gasteiger partial charge in [-0.25, -0.2) is 4.39 Å². The summed E-state index contributed by atoms with van der Waals surface area (Å²) in [5.41, 5.74) is 1.03. The Morgan fingerprint density at radius 1 is 1.21 bits per heavy atom. The molecule has 0 heterocycles. The monoisotopic (exact) mass is 263 g/mol. The first-order chi connectivity index (χ1) is 9.29. The lowest BCUT2D eigenvalue weighted by molar-refractivity contribution is 0.249. The van der Waals surface area contributed by atoms with Gasteiger partial charge in [-0.3, -0.25) is 4.90 Å². The van der Waals surface area contributed by atoms with Crippen LogP contribution < -0.4 is 0 Å². The Kier molecular flexibility index (Phi) is 5.55. The molecule has 0 amide bonds. The lowest BCUT2D eigenvalue weighted by Gasteiger charge is -2.19. The molecule has 0 atom stereocenters. The smallest absolute Gasteiger partial charge is 0.123 e. The summed E-state index contributed by atoms with van der Waals surface area (Å²) < 4.78 is 12.8. The normalized spacial score (nSPS) is 15.5. The van der Waals surface area contributed by atoms with E-state index in [9.17, 15) is 4.39 Å². The molecule has 19 heavy (non-hydrogen) atoms. The van der Waals surface area contributed by atoms with E-state index in [0.717, 1.165) is 37.5 Å². The maximum Gasteiger partial charge on any atom is 0.123 e. The molecule has 1 fully saturated rings. The summed E-state index contributed by atoms with van der Waals surface area (Å²) in [5, 5.41) is 8.82. The molecule has 1 aliphatic rings. The zero-order valence-electron chi connectivity index (χ0n) is 11.3. The number of aliphatic hydroxyl groups is 1. The second kappa shape index (κ2) is 7.41. The fourth-order valence-corrected chi connectivity index (χ4v) is 2.19. The van der Waals surface area contributed by atoms with Gasteiger partial charge >= 0.3 is 0 Å². The van der Waals surface area contributed by atoms with Crippen LogP contribution in [0.2, 0.25) is 0 Å². The number of benzene rings is 1. The van der Waals surface area contributed by atoms with Gasteiger partial charge in [-0.2, -0.15) is 0 Å². The predicted molar refractivity (Wildman–Crippen MR) is 76.3 cm³/mol. The highest BCUT2D eigenvalue weighted by Gasteiger charge is 2.27. The van der Waals surface area contributed by atoms with E-state index in [1.54, 1.807) is 12.1 Å². The van der Waals surface area contributed by atoms with Crippen LogP contribution in [0.25, 0.3) is 6.08 Å². The van der Waals surface area contributed by atoms with Gasteiger partial charge in [0.05, 0.1) is 0 Å². The van der Waals surface area contributed by atoms with Crippen LogP contribution in [-0.4, -0.2) is 35.7 Å². The van der Waals surface area contributed by atoms with Crippen LogP contribution in [0, 0.1) is 5.82 Å². The van der Waals surface area contributed by atoms with Crippen molar-refractivity contribution in [3.05, 3.63) is 41.7 Å². The van der Waals surface area contributed by atoms with Crippen molar-refractivity contribution in [3.8, 4) is 0 Å². The van der Waals surface area contributed by atoms with Gasteiger partial charge < -0.3 is 5.11 Å². The molecule has 1 saturated carbocycles. The minimum atomic E-state index is -0.194. The average molecular weight is 263 g/mol. The Morgan fingerprint density at radius 3 is 2.58 bits per heavy atom. The van der Waals surface area contributed by atoms with Crippen molar-refractivity contribution in [1.29, 1.82) is 0 Å². The summed E-state index contributed by atoms with van der Waals surface area (Å²) >= 11 is 0. The Morgan fingerprint density at radius 2 is 1.95 bits per heavy atom. The van der Waals surface area contributed by atoms with E-state index in [1.807, 2.05) is 6.08 Å². The Hall–Kier alpha value is -1.19. The van der Waals surface area contributed by atoms with Crippen molar-refractivity contribution in [2.45, 2.75) is 31.7 Å². The average Bonchev–Trinajstić information content (AvgIpc) is 3.24. The molecule has 0 saturated heterocycles. The summed E-state index contributed by atoms with van der Waals surface area (Å²) in [6, 6.07) is 7.29. The van der Waals surface area contributed by atoms with Crippen LogP contribution in [0.15, 0.2) is 30.3 Å². The number of unbranched alkanes of at least 4 members (excludes halogenated alkanes) is 1. The van der Waals surface area contributed by atoms with Gasteiger partial charge in [-0.15, -0.1) is 0 Å². The molecule has 1 aromatic rings. The lowest BCUT2D eigenvalue weighted by atomic mass is 10.2. The molecule has 0 aliphatic heterocycles. The summed E-state index contributed by atoms with van der Waals surface area (Å²) in [7, 11) is 0. The Labute approximate surface area is 114 Å². The number of halogens is 1. The first-order valence-electron chi connectivity index (χ1n) is 7.06. The topological polar surface area (TPSA) is 23.5 Å². The number of nitrogens with zero attached hydrogens (tertiary/aromatic N) is 1. The van der Waals surface area contributed by atoms with Crippen molar-refractivity contribution in [2.75, 3.05) is 19.7 Å². The third-order valence-corrected chi connectivity index (χ3v) is 3.44. The summed E-state index contributed by atoms with van der Waals surface area (Å²) in [6.07, 6.45) is 8.71. The predicted octanol–water partition coefficient (Wildman–Crippen LogP) is 3.08. The van der Waals surface area contributed by atoms with Crippen molar-refractivity contribution >= 4 is 6.08 Å². The summed E-state index contributed by atoms with van der Waals surface area (Å²) in [4.78, 5) is 2.47. The van der Waals surface area contributed by atoms with E-state index in [2.05, 4.69) is 11.0 Å². The summed E-state index contributed by atoms with van der Waals surface area (Å²) in [6.45, 7) is 2.27. The molecule has 1 aromatic carbocycles. The number of hydrogen-bond donors (Lipinski definition) is 1. The molecular formula is C16H22FNO. The standard InChI is InChI=1S/C16H22FNO/c17-15-7-5-14(6-8-15)4-3-12-18(16-9-10-16)11-1-2-13-19/h3-8,16,19H,1-2,9-13H2/b4-3+. The van der Waals surface area contributed by atoms with Gasteiger partial charge in [0.25, 0.3) is 0 Å². The van der Waals surface area contributed by atoms with Crippen LogP contribution in [-0.2, 0) is 0 Å². The highest BCUT2D eigenvalue weighted by molar-refractivity contribution is 5.48. The maximum atomic E-state index is 12.8. The molecule has 0 bridgehead atoms. The third kappa shape index (κ3) is 5.13. The largest absolute Gasteiger partial charge is 0.396 e. The number of hydrogen-bond acceptors (Lipinski definition) is 2. The van der Waals surface area contributed by atoms with Gasteiger partial charge in [0.1, 0.15) is 5.82 Å². The van der Waals surface area contributed by atoms with Crippen LogP contribution >= 0.6 is 0 Å². The van der Waals surface area contributed by atoms with Gasteiger partial charge in [-0.1, -0.05) is 24.3 Å². The zero-order chi connectivity index (χ0) is 13.5. The highest BCUT2D eigenvalue weighted by Crippen LogP contribution is 2.26. The zero-order valence-corrected chi connectivity index (χ0v) is 11.3. The molecule has 0 spiro atoms. The SMILES string of the molecule is OCCCCN(C/C=C/c1ccc(F)cc1)C1CC1. The van der Waals surface area contributed by atoms with E-state index in [-0.39, 0.29) is 12.4 Å². The van der Waals surface area contributed by atoms with E-state index in [4.69, 9.17) is 5.11 Å². The molecule has 2 nitrogen and oxygen atoms in total. The van der Waals surface area contributed by atoms with Crippen LogP contribution in [0.1, 0.15) is 31.2 Å². The second-order valence-electron chi connectivity index (χ2n) is 5.11.